The lowest BCUT2D eigenvalue weighted by Crippen LogP contribution is -2.03. The van der Waals surface area contributed by atoms with E-state index >= 15 is 0 Å². The molecule has 152 valence electrons. The van der Waals surface area contributed by atoms with Crippen LogP contribution in [0.1, 0.15) is 150 Å². The van der Waals surface area contributed by atoms with Crippen LogP contribution in [0.3, 0.4) is 0 Å². The summed E-state index contributed by atoms with van der Waals surface area (Å²) in [6.45, 7) is 9.52. The molecule has 0 aromatic heterocycles. The molecular formula is C25H52. The molecule has 0 spiro atoms. The largest absolute Gasteiger partial charge is 0.0654 e. The van der Waals surface area contributed by atoms with Crippen LogP contribution in [0.4, 0.5) is 0 Å². The van der Waals surface area contributed by atoms with E-state index in [-0.39, 0.29) is 0 Å². The lowest BCUT2D eigenvalue weighted by Gasteiger charge is -2.16. The third-order valence-corrected chi connectivity index (χ3v) is 5.89. The van der Waals surface area contributed by atoms with Gasteiger partial charge in [0.1, 0.15) is 0 Å². The lowest BCUT2D eigenvalue weighted by atomic mass is 9.90. The normalized spacial score (nSPS) is 13.9. The van der Waals surface area contributed by atoms with Gasteiger partial charge in [0.05, 0.1) is 0 Å². The summed E-state index contributed by atoms with van der Waals surface area (Å²) in [7, 11) is 0. The van der Waals surface area contributed by atoms with Crippen LogP contribution >= 0.6 is 0 Å². The number of unbranched alkanes of at least 4 members (excludes halogenated alkanes) is 14. The Morgan fingerprint density at radius 3 is 1.16 bits per heavy atom. The predicted molar refractivity (Wildman–Crippen MR) is 117 cm³/mol. The van der Waals surface area contributed by atoms with Gasteiger partial charge < -0.3 is 0 Å². The maximum atomic E-state index is 2.47. The molecule has 0 aliphatic carbocycles. The Bertz CT molecular complexity index is 232. The van der Waals surface area contributed by atoms with Crippen molar-refractivity contribution >= 4 is 0 Å². The average molecular weight is 353 g/mol. The molecule has 0 saturated carbocycles. The Morgan fingerprint density at radius 2 is 0.760 bits per heavy atom. The quantitative estimate of drug-likeness (QED) is 0.191. The van der Waals surface area contributed by atoms with Crippen molar-refractivity contribution in [1.82, 2.24) is 0 Å². The van der Waals surface area contributed by atoms with Gasteiger partial charge in [-0.1, -0.05) is 143 Å². The molecule has 0 nitrogen and oxygen atoms in total. The van der Waals surface area contributed by atoms with Crippen molar-refractivity contribution < 1.29 is 0 Å². The summed E-state index contributed by atoms with van der Waals surface area (Å²) in [6, 6.07) is 0. The highest BCUT2D eigenvalue weighted by molar-refractivity contribution is 4.60. The van der Waals surface area contributed by atoms with Crippen LogP contribution in [-0.4, -0.2) is 0 Å². The van der Waals surface area contributed by atoms with E-state index in [9.17, 15) is 0 Å². The Morgan fingerprint density at radius 1 is 0.400 bits per heavy atom. The molecule has 0 N–H and O–H groups in total. The van der Waals surface area contributed by atoms with Gasteiger partial charge in [-0.05, 0) is 18.3 Å². The zero-order chi connectivity index (χ0) is 18.6. The third kappa shape index (κ3) is 20.2. The molecule has 0 fully saturated rings. The summed E-state index contributed by atoms with van der Waals surface area (Å²) >= 11 is 0. The summed E-state index contributed by atoms with van der Waals surface area (Å²) in [6.07, 6.45) is 27.8. The molecule has 2 atom stereocenters. The van der Waals surface area contributed by atoms with E-state index in [0.717, 1.165) is 11.8 Å². The summed E-state index contributed by atoms with van der Waals surface area (Å²) in [5.74, 6) is 1.89. The predicted octanol–water partition coefficient (Wildman–Crippen LogP) is 9.71. The van der Waals surface area contributed by atoms with Crippen molar-refractivity contribution in [2.24, 2.45) is 11.8 Å². The van der Waals surface area contributed by atoms with E-state index in [2.05, 4.69) is 27.7 Å². The van der Waals surface area contributed by atoms with Gasteiger partial charge in [-0.2, -0.15) is 0 Å². The molecular weight excluding hydrogens is 300 g/mol. The summed E-state index contributed by atoms with van der Waals surface area (Å²) in [5, 5.41) is 0. The fourth-order valence-corrected chi connectivity index (χ4v) is 4.28. The first-order chi connectivity index (χ1) is 12.2. The molecule has 0 heteroatoms. The highest BCUT2D eigenvalue weighted by Gasteiger charge is 2.07. The number of hydrogen-bond acceptors (Lipinski definition) is 0. The van der Waals surface area contributed by atoms with Crippen molar-refractivity contribution in [2.45, 2.75) is 150 Å². The minimum atomic E-state index is 0.941. The maximum absolute atomic E-state index is 2.47. The standard InChI is InChI=1S/C25H52/c1-5-7-8-9-10-11-12-13-14-15-16-17-18-19-20-22-25(4)23-24(3)21-6-2/h24-25H,5-23H2,1-4H3. The second-order valence-electron chi connectivity index (χ2n) is 8.97. The van der Waals surface area contributed by atoms with Crippen LogP contribution in [0.2, 0.25) is 0 Å². The summed E-state index contributed by atoms with van der Waals surface area (Å²) < 4.78 is 0. The number of hydrogen-bond donors (Lipinski definition) is 0. The molecule has 0 bridgehead atoms. The zero-order valence-electron chi connectivity index (χ0n) is 18.6. The summed E-state index contributed by atoms with van der Waals surface area (Å²) in [4.78, 5) is 0. The molecule has 0 aliphatic heterocycles. The Kier molecular flexibility index (Phi) is 20.3. The smallest absolute Gasteiger partial charge is 0.0440 e. The molecule has 25 heavy (non-hydrogen) atoms. The molecule has 0 heterocycles. The van der Waals surface area contributed by atoms with Crippen LogP contribution in [0.15, 0.2) is 0 Å². The molecule has 0 amide bonds. The average Bonchev–Trinajstić information content (AvgIpc) is 2.58. The topological polar surface area (TPSA) is 0 Å². The van der Waals surface area contributed by atoms with E-state index in [4.69, 9.17) is 0 Å². The fraction of sp³-hybridized carbons (Fsp3) is 1.00. The van der Waals surface area contributed by atoms with E-state index in [1.807, 2.05) is 0 Å². The van der Waals surface area contributed by atoms with Crippen molar-refractivity contribution in [3.05, 3.63) is 0 Å². The number of rotatable bonds is 20. The van der Waals surface area contributed by atoms with Crippen LogP contribution in [0, 0.1) is 11.8 Å². The molecule has 2 unspecified atom stereocenters. The van der Waals surface area contributed by atoms with E-state index in [0.29, 0.717) is 0 Å². The van der Waals surface area contributed by atoms with Gasteiger partial charge in [0, 0.05) is 0 Å². The second kappa shape index (κ2) is 20.3. The first kappa shape index (κ1) is 25.0. The van der Waals surface area contributed by atoms with E-state index in [1.165, 1.54) is 122 Å². The maximum Gasteiger partial charge on any atom is -0.0440 e. The first-order valence-corrected chi connectivity index (χ1v) is 12.2. The van der Waals surface area contributed by atoms with Gasteiger partial charge in [-0.3, -0.25) is 0 Å². The van der Waals surface area contributed by atoms with Gasteiger partial charge in [-0.25, -0.2) is 0 Å². The lowest BCUT2D eigenvalue weighted by molar-refractivity contribution is 0.364. The molecule has 0 rings (SSSR count). The van der Waals surface area contributed by atoms with Crippen molar-refractivity contribution in [3.8, 4) is 0 Å². The highest BCUT2D eigenvalue weighted by atomic mass is 14.1. The first-order valence-electron chi connectivity index (χ1n) is 12.2. The minimum absolute atomic E-state index is 0.941. The molecule has 0 saturated heterocycles. The SMILES string of the molecule is CCCCCCCCCCCCCCCCCC(C)CC(C)CCC. The molecule has 0 aromatic rings. The summed E-state index contributed by atoms with van der Waals surface area (Å²) in [5.41, 5.74) is 0. The van der Waals surface area contributed by atoms with E-state index in [1.54, 1.807) is 0 Å². The molecule has 0 radical (unpaired) electrons. The van der Waals surface area contributed by atoms with Crippen LogP contribution in [0.5, 0.6) is 0 Å². The van der Waals surface area contributed by atoms with Crippen molar-refractivity contribution in [1.29, 1.82) is 0 Å². The van der Waals surface area contributed by atoms with Gasteiger partial charge in [0.15, 0.2) is 0 Å². The van der Waals surface area contributed by atoms with E-state index < -0.39 is 0 Å². The van der Waals surface area contributed by atoms with Gasteiger partial charge in [-0.15, -0.1) is 0 Å². The zero-order valence-corrected chi connectivity index (χ0v) is 18.6. The van der Waals surface area contributed by atoms with Crippen LogP contribution < -0.4 is 0 Å². The molecule has 0 aromatic carbocycles. The van der Waals surface area contributed by atoms with Crippen LogP contribution in [-0.2, 0) is 0 Å². The monoisotopic (exact) mass is 352 g/mol. The fourth-order valence-electron chi connectivity index (χ4n) is 4.28. The van der Waals surface area contributed by atoms with Crippen molar-refractivity contribution in [3.63, 3.8) is 0 Å². The highest BCUT2D eigenvalue weighted by Crippen LogP contribution is 2.21. The van der Waals surface area contributed by atoms with Crippen LogP contribution in [0.25, 0.3) is 0 Å². The van der Waals surface area contributed by atoms with Gasteiger partial charge >= 0.3 is 0 Å². The van der Waals surface area contributed by atoms with Gasteiger partial charge in [0.2, 0.25) is 0 Å². The van der Waals surface area contributed by atoms with Crippen molar-refractivity contribution in [2.75, 3.05) is 0 Å². The second-order valence-corrected chi connectivity index (χ2v) is 8.97. The molecule has 0 aliphatic rings. The third-order valence-electron chi connectivity index (χ3n) is 5.89. The minimum Gasteiger partial charge on any atom is -0.0654 e. The Hall–Kier alpha value is 0. The van der Waals surface area contributed by atoms with Gasteiger partial charge in [0.25, 0.3) is 0 Å². The Labute approximate surface area is 161 Å². The Balaban J connectivity index is 3.14.